The van der Waals surface area contributed by atoms with E-state index in [-0.39, 0.29) is 23.8 Å². The zero-order valence-electron chi connectivity index (χ0n) is 22.5. The Labute approximate surface area is 230 Å². The van der Waals surface area contributed by atoms with Gasteiger partial charge in [-0.1, -0.05) is 12.1 Å². The van der Waals surface area contributed by atoms with E-state index in [0.717, 1.165) is 36.1 Å². The van der Waals surface area contributed by atoms with Crippen LogP contribution in [0, 0.1) is 11.8 Å². The molecular weight excluding hydrogens is 519 g/mol. The van der Waals surface area contributed by atoms with Gasteiger partial charge in [0.15, 0.2) is 0 Å². The van der Waals surface area contributed by atoms with Crippen LogP contribution in [0.15, 0.2) is 42.7 Å². The summed E-state index contributed by atoms with van der Waals surface area (Å²) in [6.07, 6.45) is 2.03. The van der Waals surface area contributed by atoms with Gasteiger partial charge >= 0.3 is 6.18 Å². The Balaban J connectivity index is 1.19. The van der Waals surface area contributed by atoms with E-state index in [1.807, 2.05) is 29.8 Å². The molecule has 3 aromatic rings. The van der Waals surface area contributed by atoms with E-state index in [4.69, 9.17) is 4.74 Å². The van der Waals surface area contributed by atoms with Crippen molar-refractivity contribution in [2.45, 2.75) is 68.9 Å². The first-order chi connectivity index (χ1) is 19.2. The molecule has 0 radical (unpaired) electrons. The normalized spacial score (nSPS) is 28.9. The van der Waals surface area contributed by atoms with E-state index in [1.165, 1.54) is 17.4 Å². The first-order valence-corrected chi connectivity index (χ1v) is 13.9. The molecule has 10 heteroatoms. The number of amides is 1. The largest absolute Gasteiger partial charge is 0.416 e. The van der Waals surface area contributed by atoms with E-state index < -0.39 is 23.1 Å². The van der Waals surface area contributed by atoms with Crippen LogP contribution in [0.4, 0.5) is 18.9 Å². The standard InChI is InChI=1S/C30H32F3N5O2/c1-37-16-35-36-28(37)29(12-23(13-29)40-2)20-4-3-5-22(11-20)38-15-25-24(27(38)39)6-17(7-26(25)30(31,32)33)14-34-21-9-18-8-19(18)10-21/h3-7,11,16,18-19,21,23,34H,8-10,12-15H2,1-2H3/t18?,19?,21?,23-,29-. The second-order valence-corrected chi connectivity index (χ2v) is 12.0. The Kier molecular flexibility index (Phi) is 5.87. The predicted molar refractivity (Wildman–Crippen MR) is 142 cm³/mol. The third kappa shape index (κ3) is 4.15. The third-order valence-corrected chi connectivity index (χ3v) is 9.58. The van der Waals surface area contributed by atoms with Gasteiger partial charge in [-0.3, -0.25) is 4.79 Å². The second kappa shape index (κ2) is 9.14. The molecule has 3 aliphatic carbocycles. The number of anilines is 1. The predicted octanol–water partition coefficient (Wildman–Crippen LogP) is 4.98. The van der Waals surface area contributed by atoms with Gasteiger partial charge in [0, 0.05) is 38.0 Å². The van der Waals surface area contributed by atoms with Gasteiger partial charge < -0.3 is 19.5 Å². The molecular formula is C30H32F3N5O2. The zero-order chi connectivity index (χ0) is 27.8. The molecule has 210 valence electrons. The summed E-state index contributed by atoms with van der Waals surface area (Å²) in [6, 6.07) is 10.7. The van der Waals surface area contributed by atoms with E-state index in [0.29, 0.717) is 36.7 Å². The monoisotopic (exact) mass is 551 g/mol. The number of ether oxygens (including phenoxy) is 1. The van der Waals surface area contributed by atoms with Crippen LogP contribution in [0.1, 0.15) is 70.5 Å². The van der Waals surface area contributed by atoms with Crippen molar-refractivity contribution in [1.29, 1.82) is 0 Å². The number of nitrogens with zero attached hydrogens (tertiary/aromatic N) is 4. The number of hydrogen-bond acceptors (Lipinski definition) is 5. The molecule has 3 saturated carbocycles. The minimum absolute atomic E-state index is 0.0415. The van der Waals surface area contributed by atoms with Crippen molar-refractivity contribution < 1.29 is 22.7 Å². The van der Waals surface area contributed by atoms with Crippen LogP contribution < -0.4 is 10.2 Å². The van der Waals surface area contributed by atoms with Gasteiger partial charge in [0.25, 0.3) is 5.91 Å². The highest BCUT2D eigenvalue weighted by atomic mass is 19.4. The lowest BCUT2D eigenvalue weighted by molar-refractivity contribution is -0.138. The van der Waals surface area contributed by atoms with Crippen molar-refractivity contribution in [2.24, 2.45) is 18.9 Å². The van der Waals surface area contributed by atoms with Crippen molar-refractivity contribution in [1.82, 2.24) is 20.1 Å². The van der Waals surface area contributed by atoms with Gasteiger partial charge in [-0.2, -0.15) is 13.2 Å². The molecule has 0 bridgehead atoms. The maximum Gasteiger partial charge on any atom is 0.416 e. The second-order valence-electron chi connectivity index (χ2n) is 12.0. The highest BCUT2D eigenvalue weighted by Gasteiger charge is 2.51. The molecule has 2 aromatic carbocycles. The number of nitrogens with one attached hydrogen (secondary N) is 1. The number of aryl methyl sites for hydroxylation is 1. The summed E-state index contributed by atoms with van der Waals surface area (Å²) in [5, 5.41) is 11.9. The zero-order valence-corrected chi connectivity index (χ0v) is 22.5. The van der Waals surface area contributed by atoms with Crippen LogP contribution in [0.2, 0.25) is 0 Å². The maximum atomic E-state index is 14.2. The number of aromatic nitrogens is 3. The summed E-state index contributed by atoms with van der Waals surface area (Å²) in [5.41, 5.74) is 1.01. The number of carbonyl (C=O) groups is 1. The summed E-state index contributed by atoms with van der Waals surface area (Å²) in [7, 11) is 3.57. The van der Waals surface area contributed by atoms with Gasteiger partial charge in [0.1, 0.15) is 12.2 Å². The number of hydrogen-bond donors (Lipinski definition) is 1. The third-order valence-electron chi connectivity index (χ3n) is 9.58. The van der Waals surface area contributed by atoms with Gasteiger partial charge in [0.2, 0.25) is 0 Å². The summed E-state index contributed by atoms with van der Waals surface area (Å²) in [5.74, 6) is 1.95. The van der Waals surface area contributed by atoms with Crippen LogP contribution in [0.3, 0.4) is 0 Å². The fourth-order valence-electron chi connectivity index (χ4n) is 7.29. The van der Waals surface area contributed by atoms with Crippen molar-refractivity contribution in [3.8, 4) is 0 Å². The van der Waals surface area contributed by atoms with Gasteiger partial charge in [0.05, 0.1) is 23.6 Å². The van der Waals surface area contributed by atoms with Crippen molar-refractivity contribution in [3.63, 3.8) is 0 Å². The number of carbonyl (C=O) groups excluding carboxylic acids is 1. The molecule has 7 nitrogen and oxygen atoms in total. The summed E-state index contributed by atoms with van der Waals surface area (Å²) in [6.45, 7) is 0.202. The highest BCUT2D eigenvalue weighted by molar-refractivity contribution is 6.10. The lowest BCUT2D eigenvalue weighted by atomic mass is 9.62. The topological polar surface area (TPSA) is 72.3 Å². The summed E-state index contributed by atoms with van der Waals surface area (Å²) in [4.78, 5) is 15.1. The first-order valence-electron chi connectivity index (χ1n) is 13.9. The van der Waals surface area contributed by atoms with Crippen molar-refractivity contribution in [2.75, 3.05) is 12.0 Å². The fourth-order valence-corrected chi connectivity index (χ4v) is 7.29. The molecule has 3 fully saturated rings. The average molecular weight is 552 g/mol. The molecule has 0 spiro atoms. The smallest absolute Gasteiger partial charge is 0.381 e. The van der Waals surface area contributed by atoms with Crippen LogP contribution in [0.25, 0.3) is 0 Å². The Morgan fingerprint density at radius 2 is 1.90 bits per heavy atom. The van der Waals surface area contributed by atoms with Crippen LogP contribution in [0.5, 0.6) is 0 Å². The highest BCUT2D eigenvalue weighted by Crippen LogP contribution is 2.52. The maximum absolute atomic E-state index is 14.2. The lowest BCUT2D eigenvalue weighted by Gasteiger charge is -2.46. The Morgan fingerprint density at radius 3 is 2.58 bits per heavy atom. The molecule has 2 heterocycles. The molecule has 40 heavy (non-hydrogen) atoms. The Bertz CT molecular complexity index is 1470. The lowest BCUT2D eigenvalue weighted by Crippen LogP contribution is -2.48. The number of rotatable bonds is 7. The molecule has 2 unspecified atom stereocenters. The average Bonchev–Trinajstić information content (AvgIpc) is 3.18. The number of methoxy groups -OCH3 is 1. The molecule has 1 N–H and O–H groups in total. The van der Waals surface area contributed by atoms with Crippen LogP contribution >= 0.6 is 0 Å². The number of fused-ring (bicyclic) bond motifs is 2. The quantitative estimate of drug-likeness (QED) is 0.449. The first kappa shape index (κ1) is 25.7. The minimum Gasteiger partial charge on any atom is -0.381 e. The molecule has 7 rings (SSSR count). The van der Waals surface area contributed by atoms with Crippen LogP contribution in [-0.4, -0.2) is 39.9 Å². The molecule has 2 atom stereocenters. The van der Waals surface area contributed by atoms with Crippen LogP contribution in [-0.2, 0) is 36.5 Å². The summed E-state index contributed by atoms with van der Waals surface area (Å²) >= 11 is 0. The number of halogens is 3. The Hall–Kier alpha value is -3.24. The van der Waals surface area contributed by atoms with Gasteiger partial charge in [-0.25, -0.2) is 0 Å². The summed E-state index contributed by atoms with van der Waals surface area (Å²) < 4.78 is 50.2. The molecule has 1 aliphatic heterocycles. The fraction of sp³-hybridized carbons (Fsp3) is 0.500. The molecule has 0 saturated heterocycles. The van der Waals surface area contributed by atoms with Crippen molar-refractivity contribution >= 4 is 11.6 Å². The Morgan fingerprint density at radius 1 is 1.12 bits per heavy atom. The SMILES string of the molecule is CO[C@H]1C[C@](c2cccc(N3Cc4c(cc(CNC5CC6CC6C5)cc4C(F)(F)F)C3=O)c2)(c2nncn2C)C1. The minimum atomic E-state index is -4.55. The van der Waals surface area contributed by atoms with E-state index in [1.54, 1.807) is 25.6 Å². The van der Waals surface area contributed by atoms with Crippen molar-refractivity contribution in [3.05, 3.63) is 76.4 Å². The molecule has 4 aliphatic rings. The van der Waals surface area contributed by atoms with E-state index >= 15 is 0 Å². The van der Waals surface area contributed by atoms with Gasteiger partial charge in [-0.15, -0.1) is 10.2 Å². The van der Waals surface area contributed by atoms with E-state index in [2.05, 4.69) is 15.5 Å². The van der Waals surface area contributed by atoms with E-state index in [9.17, 15) is 18.0 Å². The van der Waals surface area contributed by atoms with Gasteiger partial charge in [-0.05, 0) is 84.9 Å². The molecule has 1 amide bonds. The number of alkyl halides is 3. The number of benzene rings is 2. The molecule has 1 aromatic heterocycles.